The third-order valence-corrected chi connectivity index (χ3v) is 10.4. The first-order valence-electron chi connectivity index (χ1n) is 15.3. The van der Waals surface area contributed by atoms with Crippen molar-refractivity contribution in [1.82, 2.24) is 0 Å². The molecule has 1 aromatic rings. The van der Waals surface area contributed by atoms with Crippen molar-refractivity contribution in [3.05, 3.63) is 40.5 Å². The Labute approximate surface area is 253 Å². The molecule has 0 aliphatic heterocycles. The maximum atomic E-state index is 14.5. The molecule has 6 atom stereocenters. The summed E-state index contributed by atoms with van der Waals surface area (Å²) in [6, 6.07) is 1.80. The Kier molecular flexibility index (Phi) is 8.14. The number of phenolic OH excluding ortho intramolecular Hbond substituents is 1. The van der Waals surface area contributed by atoms with Gasteiger partial charge in [0.1, 0.15) is 17.5 Å². The number of aromatic hydroxyl groups is 1. The lowest BCUT2D eigenvalue weighted by Gasteiger charge is -2.62. The molecule has 2 saturated carbocycles. The fraction of sp³-hybridized carbons (Fsp3) is 0.600. The van der Waals surface area contributed by atoms with Crippen molar-refractivity contribution < 1.29 is 39.0 Å². The lowest BCUT2D eigenvalue weighted by atomic mass is 9.39. The predicted molar refractivity (Wildman–Crippen MR) is 160 cm³/mol. The number of allylic oxidation sites excluding steroid dienone is 1. The molecule has 2 N–H and O–H groups in total. The lowest BCUT2D eigenvalue weighted by molar-refractivity contribution is -0.205. The number of phenols is 1. The van der Waals surface area contributed by atoms with Gasteiger partial charge in [-0.15, -0.1) is 0 Å². The minimum Gasteiger partial charge on any atom is -0.507 e. The first-order chi connectivity index (χ1) is 19.8. The molecular formula is C35H44O8. The van der Waals surface area contributed by atoms with E-state index >= 15 is 0 Å². The molecule has 0 heterocycles. The van der Waals surface area contributed by atoms with Crippen LogP contribution in [0.25, 0.3) is 0 Å². The third kappa shape index (κ3) is 4.50. The standard InChI is InChI=1S/C35H44O8/c1-10-11-23(37)18(6)12-20-13-21(16(2)3)22-14-33(8)15-34(9)26(17(4)5)29(39)24(19(7)36)31(41)35(34,43)32(42)27(33)30(40)25(22)28(20)38/h13,16-17,24,26-27,38,43H,6,10-12,14-15H2,1-5,7-9H3/t24?,26?,27?,33-,34-,35+/m1/s1. The Hall–Kier alpha value is -3.26. The Morgan fingerprint density at radius 2 is 1.67 bits per heavy atom. The predicted octanol–water partition coefficient (Wildman–Crippen LogP) is 4.68. The van der Waals surface area contributed by atoms with Crippen molar-refractivity contribution in [3.8, 4) is 5.75 Å². The van der Waals surface area contributed by atoms with Crippen LogP contribution in [0.15, 0.2) is 18.2 Å². The molecule has 1 aromatic carbocycles. The molecule has 2 fully saturated rings. The highest BCUT2D eigenvalue weighted by Gasteiger charge is 2.76. The monoisotopic (exact) mass is 592 g/mol. The van der Waals surface area contributed by atoms with E-state index in [1.165, 1.54) is 0 Å². The van der Waals surface area contributed by atoms with Crippen LogP contribution in [-0.4, -0.2) is 50.5 Å². The van der Waals surface area contributed by atoms with Gasteiger partial charge in [-0.25, -0.2) is 0 Å². The van der Waals surface area contributed by atoms with Crippen molar-refractivity contribution in [2.24, 2.45) is 34.5 Å². The van der Waals surface area contributed by atoms with Gasteiger partial charge in [-0.3, -0.25) is 28.8 Å². The topological polar surface area (TPSA) is 143 Å². The summed E-state index contributed by atoms with van der Waals surface area (Å²) in [7, 11) is 0. The van der Waals surface area contributed by atoms with Crippen LogP contribution in [0.3, 0.4) is 0 Å². The van der Waals surface area contributed by atoms with Gasteiger partial charge < -0.3 is 10.2 Å². The summed E-state index contributed by atoms with van der Waals surface area (Å²) in [5, 5.41) is 23.7. The largest absolute Gasteiger partial charge is 0.507 e. The Bertz CT molecular complexity index is 1480. The van der Waals surface area contributed by atoms with Crippen LogP contribution in [0, 0.1) is 34.5 Å². The van der Waals surface area contributed by atoms with Gasteiger partial charge in [0.15, 0.2) is 34.5 Å². The average molecular weight is 593 g/mol. The fourth-order valence-electron chi connectivity index (χ4n) is 8.67. The van der Waals surface area contributed by atoms with Gasteiger partial charge in [0.25, 0.3) is 0 Å². The van der Waals surface area contributed by atoms with Gasteiger partial charge in [-0.2, -0.15) is 0 Å². The number of hydrogen-bond donors (Lipinski definition) is 2. The minimum absolute atomic E-state index is 0.00537. The van der Waals surface area contributed by atoms with Crippen LogP contribution in [0.4, 0.5) is 0 Å². The molecule has 232 valence electrons. The summed E-state index contributed by atoms with van der Waals surface area (Å²) < 4.78 is 0. The Morgan fingerprint density at radius 3 is 2.19 bits per heavy atom. The summed E-state index contributed by atoms with van der Waals surface area (Å²) in [6.07, 6.45) is 1.17. The van der Waals surface area contributed by atoms with Crippen LogP contribution < -0.4 is 0 Å². The Morgan fingerprint density at radius 1 is 1.07 bits per heavy atom. The molecule has 0 spiro atoms. The second kappa shape index (κ2) is 10.7. The van der Waals surface area contributed by atoms with Crippen LogP contribution in [0.1, 0.15) is 108 Å². The number of fused-ring (bicyclic) bond motifs is 3. The molecule has 4 rings (SSSR count). The van der Waals surface area contributed by atoms with Crippen LogP contribution >= 0.6 is 0 Å². The summed E-state index contributed by atoms with van der Waals surface area (Å²) in [6.45, 7) is 17.6. The van der Waals surface area contributed by atoms with Gasteiger partial charge in [0.05, 0.1) is 11.5 Å². The van der Waals surface area contributed by atoms with Crippen molar-refractivity contribution in [2.75, 3.05) is 0 Å². The number of carbonyl (C=O) groups excluding carboxylic acids is 6. The van der Waals surface area contributed by atoms with Gasteiger partial charge >= 0.3 is 0 Å². The molecule has 0 radical (unpaired) electrons. The average Bonchev–Trinajstić information content (AvgIpc) is 2.87. The molecule has 0 aromatic heterocycles. The number of Topliss-reactive ketones (excluding diaryl/α,β-unsaturated/α-hetero) is 6. The summed E-state index contributed by atoms with van der Waals surface area (Å²) >= 11 is 0. The smallest absolute Gasteiger partial charge is 0.190 e. The summed E-state index contributed by atoms with van der Waals surface area (Å²) in [5.41, 5.74) is -3.40. The first-order valence-corrected chi connectivity index (χ1v) is 15.3. The molecule has 0 saturated heterocycles. The van der Waals surface area contributed by atoms with Gasteiger partial charge in [-0.1, -0.05) is 61.1 Å². The van der Waals surface area contributed by atoms with E-state index in [4.69, 9.17) is 0 Å². The van der Waals surface area contributed by atoms with E-state index in [0.29, 0.717) is 29.5 Å². The van der Waals surface area contributed by atoms with Crippen molar-refractivity contribution in [2.45, 2.75) is 99.0 Å². The van der Waals surface area contributed by atoms with Crippen LogP contribution in [0.5, 0.6) is 5.75 Å². The second-order valence-corrected chi connectivity index (χ2v) is 14.3. The first kappa shape index (κ1) is 32.6. The maximum Gasteiger partial charge on any atom is 0.190 e. The van der Waals surface area contributed by atoms with Gasteiger partial charge in [0, 0.05) is 24.2 Å². The van der Waals surface area contributed by atoms with E-state index in [2.05, 4.69) is 6.58 Å². The van der Waals surface area contributed by atoms with E-state index < -0.39 is 69.0 Å². The van der Waals surface area contributed by atoms with Gasteiger partial charge in [0.2, 0.25) is 0 Å². The number of aliphatic hydroxyl groups is 1. The molecule has 0 amide bonds. The number of ketones is 6. The highest BCUT2D eigenvalue weighted by atomic mass is 16.3. The highest BCUT2D eigenvalue weighted by Crippen LogP contribution is 2.64. The summed E-state index contributed by atoms with van der Waals surface area (Å²) in [4.78, 5) is 81.5. The molecule has 3 aliphatic rings. The van der Waals surface area contributed by atoms with Gasteiger partial charge in [-0.05, 0) is 65.7 Å². The number of carbonyl (C=O) groups is 6. The lowest BCUT2D eigenvalue weighted by Crippen LogP contribution is -2.76. The Balaban J connectivity index is 1.95. The third-order valence-electron chi connectivity index (χ3n) is 10.4. The zero-order chi connectivity index (χ0) is 32.6. The minimum atomic E-state index is -2.74. The second-order valence-electron chi connectivity index (χ2n) is 14.3. The molecular weight excluding hydrogens is 548 g/mol. The SMILES string of the molecule is C=C(Cc1cc(C(C)C)c2c(c1O)C(=O)C1C(=O)[C@@]3(O)C(=O)C(C(C)=O)C(=O)C(C(C)C)[C@@]3(C)C[C@@]1(C)C2)C(=O)CCC. The van der Waals surface area contributed by atoms with E-state index in [9.17, 15) is 39.0 Å². The van der Waals surface area contributed by atoms with Crippen LogP contribution in [-0.2, 0) is 36.8 Å². The van der Waals surface area contributed by atoms with Crippen LogP contribution in [0.2, 0.25) is 0 Å². The number of hydrogen-bond acceptors (Lipinski definition) is 8. The van der Waals surface area contributed by atoms with E-state index in [-0.39, 0.29) is 42.3 Å². The van der Waals surface area contributed by atoms with E-state index in [1.807, 2.05) is 20.8 Å². The van der Waals surface area contributed by atoms with E-state index in [1.54, 1.807) is 33.8 Å². The highest BCUT2D eigenvalue weighted by molar-refractivity contribution is 6.32. The fourth-order valence-corrected chi connectivity index (χ4v) is 8.67. The molecule has 3 unspecified atom stereocenters. The van der Waals surface area contributed by atoms with Crippen molar-refractivity contribution >= 4 is 34.7 Å². The maximum absolute atomic E-state index is 14.5. The number of benzene rings is 1. The molecule has 3 aliphatic carbocycles. The normalized spacial score (nSPS) is 32.0. The quantitative estimate of drug-likeness (QED) is 0.327. The van der Waals surface area contributed by atoms with Crippen molar-refractivity contribution in [1.29, 1.82) is 0 Å². The summed E-state index contributed by atoms with van der Waals surface area (Å²) in [5.74, 6) is -9.45. The number of rotatable bonds is 8. The zero-order valence-electron chi connectivity index (χ0n) is 26.6. The zero-order valence-corrected chi connectivity index (χ0v) is 26.6. The molecule has 0 bridgehead atoms. The molecule has 8 heteroatoms. The van der Waals surface area contributed by atoms with E-state index in [0.717, 1.165) is 12.5 Å². The van der Waals surface area contributed by atoms with Crippen molar-refractivity contribution in [3.63, 3.8) is 0 Å². The molecule has 8 nitrogen and oxygen atoms in total. The molecule has 43 heavy (non-hydrogen) atoms.